The molecule has 0 radical (unpaired) electrons. The maximum atomic E-state index is 3.44. The molecular formula is C15H26N2. The average Bonchev–Trinajstić information content (AvgIpc) is 2.32. The molecule has 0 bridgehead atoms. The minimum Gasteiger partial charge on any atom is -0.317 e. The lowest BCUT2D eigenvalue weighted by Crippen LogP contribution is -2.24. The molecule has 0 aliphatic carbocycles. The summed E-state index contributed by atoms with van der Waals surface area (Å²) in [6.45, 7) is 8.88. The molecule has 2 heteroatoms. The van der Waals surface area contributed by atoms with Crippen LogP contribution < -0.4 is 5.32 Å². The van der Waals surface area contributed by atoms with Crippen LogP contribution in [0, 0.1) is 6.92 Å². The van der Waals surface area contributed by atoms with Gasteiger partial charge in [-0.2, -0.15) is 0 Å². The molecule has 0 aromatic heterocycles. The Hall–Kier alpha value is -0.860. The highest BCUT2D eigenvalue weighted by atomic mass is 15.1. The molecule has 0 heterocycles. The molecule has 1 aromatic rings. The summed E-state index contributed by atoms with van der Waals surface area (Å²) in [4.78, 5) is 2.40. The average molecular weight is 234 g/mol. The predicted octanol–water partition coefficient (Wildman–Crippen LogP) is 2.82. The molecule has 1 aromatic carbocycles. The van der Waals surface area contributed by atoms with Gasteiger partial charge in [0.1, 0.15) is 0 Å². The summed E-state index contributed by atoms with van der Waals surface area (Å²) in [7, 11) is 2.20. The molecule has 0 saturated heterocycles. The second-order valence-corrected chi connectivity index (χ2v) is 4.77. The topological polar surface area (TPSA) is 15.3 Å². The Labute approximate surface area is 106 Å². The summed E-state index contributed by atoms with van der Waals surface area (Å²) in [5.41, 5.74) is 2.83. The first-order valence-electron chi connectivity index (χ1n) is 6.67. The summed E-state index contributed by atoms with van der Waals surface area (Å²) < 4.78 is 0. The van der Waals surface area contributed by atoms with Crippen LogP contribution in [0.5, 0.6) is 0 Å². The fourth-order valence-electron chi connectivity index (χ4n) is 1.93. The quantitative estimate of drug-likeness (QED) is 0.696. The van der Waals surface area contributed by atoms with Crippen molar-refractivity contribution in [3.05, 3.63) is 35.4 Å². The van der Waals surface area contributed by atoms with E-state index in [4.69, 9.17) is 0 Å². The molecular weight excluding hydrogens is 208 g/mol. The highest BCUT2D eigenvalue weighted by molar-refractivity contribution is 5.25. The highest BCUT2D eigenvalue weighted by Crippen LogP contribution is 2.09. The van der Waals surface area contributed by atoms with Gasteiger partial charge in [-0.05, 0) is 57.6 Å². The summed E-state index contributed by atoms with van der Waals surface area (Å²) in [5.74, 6) is 0. The first-order chi connectivity index (χ1) is 8.24. The van der Waals surface area contributed by atoms with Crippen molar-refractivity contribution < 1.29 is 0 Å². The Balaban J connectivity index is 2.21. The van der Waals surface area contributed by atoms with Gasteiger partial charge in [0, 0.05) is 6.54 Å². The van der Waals surface area contributed by atoms with E-state index < -0.39 is 0 Å². The Kier molecular flexibility index (Phi) is 6.90. The second-order valence-electron chi connectivity index (χ2n) is 4.77. The van der Waals surface area contributed by atoms with Gasteiger partial charge < -0.3 is 10.2 Å². The van der Waals surface area contributed by atoms with Crippen molar-refractivity contribution in [3.8, 4) is 0 Å². The zero-order chi connectivity index (χ0) is 12.5. The molecule has 0 aliphatic heterocycles. The van der Waals surface area contributed by atoms with E-state index in [0.717, 1.165) is 26.2 Å². The number of nitrogens with one attached hydrogen (secondary N) is 1. The van der Waals surface area contributed by atoms with Crippen molar-refractivity contribution in [1.82, 2.24) is 10.2 Å². The lowest BCUT2D eigenvalue weighted by molar-refractivity contribution is 0.319. The molecule has 0 atom stereocenters. The van der Waals surface area contributed by atoms with Gasteiger partial charge in [0.15, 0.2) is 0 Å². The third kappa shape index (κ3) is 5.85. The fourth-order valence-corrected chi connectivity index (χ4v) is 1.93. The predicted molar refractivity (Wildman–Crippen MR) is 75.3 cm³/mol. The summed E-state index contributed by atoms with van der Waals surface area (Å²) in [6.07, 6.45) is 2.45. The molecule has 1 N–H and O–H groups in total. The molecule has 96 valence electrons. The van der Waals surface area contributed by atoms with E-state index in [-0.39, 0.29) is 0 Å². The maximum Gasteiger partial charge on any atom is 0.0233 e. The Morgan fingerprint density at radius 2 is 1.94 bits per heavy atom. The van der Waals surface area contributed by atoms with Crippen LogP contribution in [0.2, 0.25) is 0 Å². The monoisotopic (exact) mass is 234 g/mol. The van der Waals surface area contributed by atoms with Crippen LogP contribution in [0.15, 0.2) is 24.3 Å². The minimum atomic E-state index is 1.06. The van der Waals surface area contributed by atoms with E-state index in [1.54, 1.807) is 0 Å². The van der Waals surface area contributed by atoms with Crippen molar-refractivity contribution in [1.29, 1.82) is 0 Å². The lowest BCUT2D eigenvalue weighted by atomic mass is 10.1. The summed E-state index contributed by atoms with van der Waals surface area (Å²) in [5, 5.41) is 3.44. The fraction of sp³-hybridized carbons (Fsp3) is 0.600. The molecule has 0 saturated carbocycles. The van der Waals surface area contributed by atoms with Gasteiger partial charge in [0.05, 0.1) is 0 Å². The van der Waals surface area contributed by atoms with Gasteiger partial charge in [-0.25, -0.2) is 0 Å². The van der Waals surface area contributed by atoms with Crippen molar-refractivity contribution in [2.75, 3.05) is 26.7 Å². The number of hydrogen-bond donors (Lipinski definition) is 1. The normalized spacial score (nSPS) is 11.1. The number of hydrogen-bond acceptors (Lipinski definition) is 2. The summed E-state index contributed by atoms with van der Waals surface area (Å²) >= 11 is 0. The van der Waals surface area contributed by atoms with Crippen LogP contribution in [-0.2, 0) is 6.54 Å². The molecule has 0 amide bonds. The van der Waals surface area contributed by atoms with E-state index in [1.807, 2.05) is 0 Å². The van der Waals surface area contributed by atoms with Gasteiger partial charge in [-0.3, -0.25) is 0 Å². The Bertz CT molecular complexity index is 310. The van der Waals surface area contributed by atoms with E-state index in [9.17, 15) is 0 Å². The number of aryl methyl sites for hydroxylation is 1. The first-order valence-corrected chi connectivity index (χ1v) is 6.67. The maximum absolute atomic E-state index is 3.44. The van der Waals surface area contributed by atoms with E-state index in [0.29, 0.717) is 0 Å². The molecule has 17 heavy (non-hydrogen) atoms. The standard InChI is InChI=1S/C15H26N2/c1-4-10-16-11-7-12-17(3)13-15-9-6-5-8-14(15)2/h5-6,8-9,16H,4,7,10-13H2,1-3H3. The van der Waals surface area contributed by atoms with Crippen molar-refractivity contribution in [3.63, 3.8) is 0 Å². The van der Waals surface area contributed by atoms with E-state index in [1.165, 1.54) is 24.0 Å². The van der Waals surface area contributed by atoms with Crippen LogP contribution in [0.1, 0.15) is 30.9 Å². The van der Waals surface area contributed by atoms with Crippen LogP contribution in [0.25, 0.3) is 0 Å². The van der Waals surface area contributed by atoms with E-state index in [2.05, 4.69) is 55.4 Å². The second kappa shape index (κ2) is 8.26. The zero-order valence-electron chi connectivity index (χ0n) is 11.5. The van der Waals surface area contributed by atoms with Gasteiger partial charge in [-0.15, -0.1) is 0 Å². The third-order valence-corrected chi connectivity index (χ3v) is 3.02. The smallest absolute Gasteiger partial charge is 0.0233 e. The molecule has 0 spiro atoms. The largest absolute Gasteiger partial charge is 0.317 e. The SMILES string of the molecule is CCCNCCCN(C)Cc1ccccc1C. The molecule has 0 fully saturated rings. The van der Waals surface area contributed by atoms with Crippen molar-refractivity contribution in [2.24, 2.45) is 0 Å². The van der Waals surface area contributed by atoms with Gasteiger partial charge >= 0.3 is 0 Å². The molecule has 0 unspecified atom stereocenters. The van der Waals surface area contributed by atoms with Crippen molar-refractivity contribution >= 4 is 0 Å². The van der Waals surface area contributed by atoms with Crippen molar-refractivity contribution in [2.45, 2.75) is 33.2 Å². The van der Waals surface area contributed by atoms with E-state index >= 15 is 0 Å². The van der Waals surface area contributed by atoms with Gasteiger partial charge in [-0.1, -0.05) is 31.2 Å². The van der Waals surface area contributed by atoms with Gasteiger partial charge in [0.25, 0.3) is 0 Å². The van der Waals surface area contributed by atoms with Crippen LogP contribution in [-0.4, -0.2) is 31.6 Å². The number of rotatable bonds is 8. The minimum absolute atomic E-state index is 1.06. The zero-order valence-corrected chi connectivity index (χ0v) is 11.5. The number of nitrogens with zero attached hydrogens (tertiary/aromatic N) is 1. The number of benzene rings is 1. The molecule has 2 nitrogen and oxygen atoms in total. The Morgan fingerprint density at radius 3 is 2.65 bits per heavy atom. The molecule has 0 aliphatic rings. The first kappa shape index (κ1) is 14.2. The Morgan fingerprint density at radius 1 is 1.18 bits per heavy atom. The lowest BCUT2D eigenvalue weighted by Gasteiger charge is -2.18. The van der Waals surface area contributed by atoms with Gasteiger partial charge in [0.2, 0.25) is 0 Å². The van der Waals surface area contributed by atoms with Crippen LogP contribution in [0.3, 0.4) is 0 Å². The molecule has 1 rings (SSSR count). The van der Waals surface area contributed by atoms with Crippen LogP contribution >= 0.6 is 0 Å². The third-order valence-electron chi connectivity index (χ3n) is 3.02. The van der Waals surface area contributed by atoms with Crippen LogP contribution in [0.4, 0.5) is 0 Å². The highest BCUT2D eigenvalue weighted by Gasteiger charge is 2.01. The summed E-state index contributed by atoms with van der Waals surface area (Å²) in [6, 6.07) is 8.64.